The highest BCUT2D eigenvalue weighted by Gasteiger charge is 2.30. The van der Waals surface area contributed by atoms with E-state index in [0.717, 1.165) is 24.2 Å². The van der Waals surface area contributed by atoms with Gasteiger partial charge in [-0.25, -0.2) is 0 Å². The van der Waals surface area contributed by atoms with Crippen LogP contribution in [-0.4, -0.2) is 41.6 Å². The molecule has 0 radical (unpaired) electrons. The van der Waals surface area contributed by atoms with E-state index in [1.807, 2.05) is 26.0 Å². The van der Waals surface area contributed by atoms with Crippen molar-refractivity contribution in [3.8, 4) is 5.75 Å². The molecule has 1 saturated heterocycles. The van der Waals surface area contributed by atoms with Gasteiger partial charge >= 0.3 is 5.97 Å². The molecule has 1 aliphatic rings. The van der Waals surface area contributed by atoms with Crippen LogP contribution in [0.25, 0.3) is 0 Å². The van der Waals surface area contributed by atoms with Gasteiger partial charge in [0.25, 0.3) is 0 Å². The minimum Gasteiger partial charge on any atom is -0.493 e. The summed E-state index contributed by atoms with van der Waals surface area (Å²) in [7, 11) is 0. The molecular formula is C18H26ClNO4. The summed E-state index contributed by atoms with van der Waals surface area (Å²) in [4.78, 5) is 24.6. The third kappa shape index (κ3) is 5.71. The van der Waals surface area contributed by atoms with Gasteiger partial charge in [-0.15, -0.1) is 12.4 Å². The van der Waals surface area contributed by atoms with Crippen molar-refractivity contribution in [3.05, 3.63) is 29.3 Å². The molecule has 24 heavy (non-hydrogen) atoms. The maximum atomic E-state index is 12.0. The lowest BCUT2D eigenvalue weighted by Gasteiger charge is -2.15. The van der Waals surface area contributed by atoms with Gasteiger partial charge in [-0.3, -0.25) is 9.59 Å². The molecule has 2 rings (SSSR count). The molecule has 1 aromatic carbocycles. The largest absolute Gasteiger partial charge is 0.493 e. The number of hydrogen-bond acceptors (Lipinski definition) is 3. The van der Waals surface area contributed by atoms with Crippen molar-refractivity contribution in [2.45, 2.75) is 39.5 Å². The number of aryl methyl sites for hydroxylation is 2. The Morgan fingerprint density at radius 2 is 2.04 bits per heavy atom. The zero-order chi connectivity index (χ0) is 16.8. The number of carbonyl (C=O) groups excluding carboxylic acids is 1. The van der Waals surface area contributed by atoms with Crippen LogP contribution in [0.3, 0.4) is 0 Å². The molecule has 1 fully saturated rings. The van der Waals surface area contributed by atoms with Gasteiger partial charge in [0, 0.05) is 19.5 Å². The molecule has 1 amide bonds. The van der Waals surface area contributed by atoms with Gasteiger partial charge in [-0.05, 0) is 50.3 Å². The van der Waals surface area contributed by atoms with Crippen LogP contribution in [0.5, 0.6) is 5.75 Å². The molecule has 1 N–H and O–H groups in total. The fraction of sp³-hybridized carbons (Fsp3) is 0.556. The Morgan fingerprint density at radius 3 is 2.71 bits per heavy atom. The summed E-state index contributed by atoms with van der Waals surface area (Å²) in [6.45, 7) is 5.56. The Bertz CT molecular complexity index is 576. The molecule has 1 atom stereocenters. The molecule has 1 aliphatic heterocycles. The van der Waals surface area contributed by atoms with Gasteiger partial charge in [0.2, 0.25) is 5.91 Å². The molecule has 0 saturated carbocycles. The topological polar surface area (TPSA) is 66.8 Å². The Morgan fingerprint density at radius 1 is 1.29 bits per heavy atom. The van der Waals surface area contributed by atoms with Gasteiger partial charge in [-0.1, -0.05) is 12.1 Å². The van der Waals surface area contributed by atoms with Crippen molar-refractivity contribution < 1.29 is 19.4 Å². The first-order valence-corrected chi connectivity index (χ1v) is 8.18. The van der Waals surface area contributed by atoms with E-state index in [2.05, 4.69) is 6.07 Å². The SMILES string of the molecule is Cc1ccc(C)c(OCCCCC(=O)N2CCC(C(=O)O)C2)c1.Cl. The highest BCUT2D eigenvalue weighted by molar-refractivity contribution is 5.85. The molecule has 0 spiro atoms. The standard InChI is InChI=1S/C18H25NO4.ClH/c1-13-6-7-14(2)16(11-13)23-10-4-3-5-17(20)19-9-8-15(12-19)18(21)22;/h6-7,11,15H,3-5,8-10,12H2,1-2H3,(H,21,22);1H. The zero-order valence-corrected chi connectivity index (χ0v) is 15.1. The van der Waals surface area contributed by atoms with E-state index >= 15 is 0 Å². The van der Waals surface area contributed by atoms with E-state index in [4.69, 9.17) is 9.84 Å². The normalized spacial score (nSPS) is 16.6. The first-order valence-electron chi connectivity index (χ1n) is 8.18. The van der Waals surface area contributed by atoms with Crippen LogP contribution in [-0.2, 0) is 9.59 Å². The lowest BCUT2D eigenvalue weighted by Crippen LogP contribution is -2.29. The Labute approximate surface area is 149 Å². The summed E-state index contributed by atoms with van der Waals surface area (Å²) in [5.74, 6) is -0.241. The summed E-state index contributed by atoms with van der Waals surface area (Å²) in [6, 6.07) is 6.12. The Hall–Kier alpha value is -1.75. The maximum Gasteiger partial charge on any atom is 0.308 e. The Kier molecular flexibility index (Phi) is 8.05. The van der Waals surface area contributed by atoms with Crippen molar-refractivity contribution in [2.24, 2.45) is 5.92 Å². The number of nitrogens with zero attached hydrogens (tertiary/aromatic N) is 1. The van der Waals surface area contributed by atoms with Crippen molar-refractivity contribution in [3.63, 3.8) is 0 Å². The first-order chi connectivity index (χ1) is 11.0. The summed E-state index contributed by atoms with van der Waals surface area (Å²) in [5.41, 5.74) is 2.28. The van der Waals surface area contributed by atoms with Crippen LogP contribution >= 0.6 is 12.4 Å². The molecule has 1 aromatic rings. The lowest BCUT2D eigenvalue weighted by molar-refractivity contribution is -0.141. The van der Waals surface area contributed by atoms with Crippen LogP contribution in [0.2, 0.25) is 0 Å². The molecule has 1 unspecified atom stereocenters. The molecule has 5 nitrogen and oxygen atoms in total. The number of carboxylic acid groups (broad SMARTS) is 1. The third-order valence-electron chi connectivity index (χ3n) is 4.28. The van der Waals surface area contributed by atoms with E-state index in [1.165, 1.54) is 5.56 Å². The van der Waals surface area contributed by atoms with Crippen LogP contribution in [0, 0.1) is 19.8 Å². The lowest BCUT2D eigenvalue weighted by atomic mass is 10.1. The fourth-order valence-corrected chi connectivity index (χ4v) is 2.77. The number of aliphatic carboxylic acids is 1. The van der Waals surface area contributed by atoms with Gasteiger partial charge in [-0.2, -0.15) is 0 Å². The number of carbonyl (C=O) groups is 2. The van der Waals surface area contributed by atoms with Gasteiger partial charge in [0.1, 0.15) is 5.75 Å². The van der Waals surface area contributed by atoms with E-state index < -0.39 is 11.9 Å². The Balaban J connectivity index is 0.00000288. The number of hydrogen-bond donors (Lipinski definition) is 1. The molecule has 134 valence electrons. The van der Waals surface area contributed by atoms with Crippen molar-refractivity contribution in [2.75, 3.05) is 19.7 Å². The fourth-order valence-electron chi connectivity index (χ4n) is 2.77. The summed E-state index contributed by atoms with van der Waals surface area (Å²) in [5, 5.41) is 8.95. The summed E-state index contributed by atoms with van der Waals surface area (Å²) in [6.07, 6.45) is 2.60. The van der Waals surface area contributed by atoms with Crippen LogP contribution in [0.1, 0.15) is 36.8 Å². The second-order valence-corrected chi connectivity index (χ2v) is 6.24. The molecule has 0 aliphatic carbocycles. The quantitative estimate of drug-likeness (QED) is 0.763. The maximum absolute atomic E-state index is 12.0. The van der Waals surface area contributed by atoms with Crippen LogP contribution in [0.4, 0.5) is 0 Å². The number of benzene rings is 1. The summed E-state index contributed by atoms with van der Waals surface area (Å²) < 4.78 is 5.77. The second-order valence-electron chi connectivity index (χ2n) is 6.24. The van der Waals surface area contributed by atoms with E-state index in [0.29, 0.717) is 32.5 Å². The second kappa shape index (κ2) is 9.52. The van der Waals surface area contributed by atoms with Crippen molar-refractivity contribution >= 4 is 24.3 Å². The molecule has 0 bridgehead atoms. The molecule has 0 aromatic heterocycles. The smallest absolute Gasteiger partial charge is 0.308 e. The van der Waals surface area contributed by atoms with Crippen LogP contribution < -0.4 is 4.74 Å². The van der Waals surface area contributed by atoms with Crippen molar-refractivity contribution in [1.82, 2.24) is 4.90 Å². The number of ether oxygens (including phenoxy) is 1. The minimum absolute atomic E-state index is 0. The number of halogens is 1. The number of carboxylic acids is 1. The molecule has 1 heterocycles. The monoisotopic (exact) mass is 355 g/mol. The zero-order valence-electron chi connectivity index (χ0n) is 14.3. The van der Waals surface area contributed by atoms with E-state index in [-0.39, 0.29) is 18.3 Å². The number of unbranched alkanes of at least 4 members (excludes halogenated alkanes) is 1. The number of rotatable bonds is 7. The third-order valence-corrected chi connectivity index (χ3v) is 4.28. The van der Waals surface area contributed by atoms with Gasteiger partial charge in [0.05, 0.1) is 12.5 Å². The number of amides is 1. The van der Waals surface area contributed by atoms with Crippen molar-refractivity contribution in [1.29, 1.82) is 0 Å². The number of likely N-dealkylation sites (tertiary alicyclic amines) is 1. The first kappa shape index (κ1) is 20.3. The molecule has 6 heteroatoms. The highest BCUT2D eigenvalue weighted by Crippen LogP contribution is 2.20. The van der Waals surface area contributed by atoms with E-state index in [9.17, 15) is 9.59 Å². The van der Waals surface area contributed by atoms with Crippen LogP contribution in [0.15, 0.2) is 18.2 Å². The van der Waals surface area contributed by atoms with E-state index in [1.54, 1.807) is 4.90 Å². The predicted octanol–water partition coefficient (Wildman–Crippen LogP) is 3.21. The van der Waals surface area contributed by atoms with Gasteiger partial charge in [0.15, 0.2) is 0 Å². The van der Waals surface area contributed by atoms with Gasteiger partial charge < -0.3 is 14.7 Å². The predicted molar refractivity (Wildman–Crippen MR) is 94.8 cm³/mol. The average Bonchev–Trinajstić information content (AvgIpc) is 3.00. The minimum atomic E-state index is -0.803. The average molecular weight is 356 g/mol. The summed E-state index contributed by atoms with van der Waals surface area (Å²) >= 11 is 0. The highest BCUT2D eigenvalue weighted by atomic mass is 35.5. The molecular weight excluding hydrogens is 330 g/mol.